The van der Waals surface area contributed by atoms with Crippen molar-refractivity contribution in [3.8, 4) is 5.75 Å². The third-order valence-electron chi connectivity index (χ3n) is 5.99. The Hall–Kier alpha value is -3.87. The van der Waals surface area contributed by atoms with Crippen LogP contribution in [-0.2, 0) is 32.7 Å². The predicted molar refractivity (Wildman–Crippen MR) is 165 cm³/mol. The molecule has 43 heavy (non-hydrogen) atoms. The Labute approximate surface area is 263 Å². The number of anilines is 1. The molecule has 0 spiro atoms. The predicted octanol–water partition coefficient (Wildman–Crippen LogP) is 6.04. The highest BCUT2D eigenvalue weighted by atomic mass is 35.5. The summed E-state index contributed by atoms with van der Waals surface area (Å²) in [6.45, 7) is 1.72. The molecule has 0 saturated carbocycles. The number of ether oxygens (including phenoxy) is 1. The second-order valence-electron chi connectivity index (χ2n) is 9.14. The fourth-order valence-electron chi connectivity index (χ4n) is 3.81. The van der Waals surface area contributed by atoms with Crippen LogP contribution in [0, 0.1) is 6.92 Å². The van der Waals surface area contributed by atoms with Gasteiger partial charge in [0.1, 0.15) is 17.3 Å². The molecule has 0 aliphatic carbocycles. The van der Waals surface area contributed by atoms with Crippen LogP contribution in [0.25, 0.3) is 0 Å². The van der Waals surface area contributed by atoms with E-state index in [1.165, 1.54) is 41.9 Å². The summed E-state index contributed by atoms with van der Waals surface area (Å²) in [6.07, 6.45) is 1.17. The molecule has 0 bridgehead atoms. The number of hydrogen-bond acceptors (Lipinski definition) is 7. The highest BCUT2D eigenvalue weighted by Gasteiger charge is 2.26. The average Bonchev–Trinajstić information content (AvgIpc) is 3.42. The molecule has 0 aliphatic rings. The normalized spacial score (nSPS) is 11.6. The molecular formula is C29H25Cl3N4O6S. The Kier molecular flexibility index (Phi) is 10.5. The van der Waals surface area contributed by atoms with Gasteiger partial charge in [0.2, 0.25) is 10.0 Å². The third-order valence-corrected chi connectivity index (χ3v) is 8.77. The molecule has 1 heterocycles. The molecule has 0 aliphatic heterocycles. The van der Waals surface area contributed by atoms with E-state index in [1.54, 1.807) is 48.5 Å². The molecule has 0 unspecified atom stereocenters. The SMILES string of the molecule is COc1ccc(Cl)cc1NC(=O)C(=O)N/N=C/c1ccc(CN(Cc2ccc(Cl)c(Cl)c2)S(=O)(=O)c2ccc(C)cc2)o1. The fourth-order valence-corrected chi connectivity index (χ4v) is 5.70. The van der Waals surface area contributed by atoms with E-state index in [-0.39, 0.29) is 29.4 Å². The van der Waals surface area contributed by atoms with Gasteiger partial charge in [-0.25, -0.2) is 13.8 Å². The maximum Gasteiger partial charge on any atom is 0.329 e. The molecule has 4 rings (SSSR count). The van der Waals surface area contributed by atoms with Gasteiger partial charge in [0.05, 0.1) is 40.5 Å². The van der Waals surface area contributed by atoms with Crippen LogP contribution in [0.2, 0.25) is 15.1 Å². The van der Waals surface area contributed by atoms with Gasteiger partial charge in [-0.1, -0.05) is 58.6 Å². The van der Waals surface area contributed by atoms with E-state index in [1.807, 2.05) is 6.92 Å². The lowest BCUT2D eigenvalue weighted by molar-refractivity contribution is -0.136. The first-order valence-corrected chi connectivity index (χ1v) is 15.1. The van der Waals surface area contributed by atoms with Gasteiger partial charge in [-0.15, -0.1) is 0 Å². The molecule has 10 nitrogen and oxygen atoms in total. The van der Waals surface area contributed by atoms with Crippen molar-refractivity contribution in [2.75, 3.05) is 12.4 Å². The van der Waals surface area contributed by atoms with Gasteiger partial charge in [0.25, 0.3) is 0 Å². The largest absolute Gasteiger partial charge is 0.495 e. The molecule has 2 N–H and O–H groups in total. The van der Waals surface area contributed by atoms with Gasteiger partial charge < -0.3 is 14.5 Å². The van der Waals surface area contributed by atoms with Crippen molar-refractivity contribution >= 4 is 68.5 Å². The topological polar surface area (TPSA) is 130 Å². The van der Waals surface area contributed by atoms with Crippen LogP contribution in [0.4, 0.5) is 5.69 Å². The molecule has 0 atom stereocenters. The zero-order valence-electron chi connectivity index (χ0n) is 22.8. The number of rotatable bonds is 10. The first-order chi connectivity index (χ1) is 20.5. The summed E-state index contributed by atoms with van der Waals surface area (Å²) in [4.78, 5) is 24.6. The van der Waals surface area contributed by atoms with Crippen LogP contribution in [0.5, 0.6) is 5.75 Å². The number of hydrazone groups is 1. The Morgan fingerprint density at radius 3 is 2.37 bits per heavy atom. The maximum atomic E-state index is 13.6. The highest BCUT2D eigenvalue weighted by molar-refractivity contribution is 7.89. The minimum Gasteiger partial charge on any atom is -0.495 e. The number of aryl methyl sites for hydroxylation is 1. The molecule has 1 aromatic heterocycles. The molecule has 0 saturated heterocycles. The number of methoxy groups -OCH3 is 1. The van der Waals surface area contributed by atoms with E-state index >= 15 is 0 Å². The van der Waals surface area contributed by atoms with E-state index < -0.39 is 21.8 Å². The Morgan fingerprint density at radius 2 is 1.67 bits per heavy atom. The van der Waals surface area contributed by atoms with Crippen LogP contribution in [-0.4, -0.2) is 37.9 Å². The van der Waals surface area contributed by atoms with Crippen molar-refractivity contribution in [1.29, 1.82) is 0 Å². The number of furan rings is 1. The third kappa shape index (κ3) is 8.37. The van der Waals surface area contributed by atoms with Crippen molar-refractivity contribution in [2.24, 2.45) is 5.10 Å². The van der Waals surface area contributed by atoms with E-state index in [2.05, 4.69) is 15.8 Å². The van der Waals surface area contributed by atoms with Crippen molar-refractivity contribution in [1.82, 2.24) is 9.73 Å². The van der Waals surface area contributed by atoms with Crippen molar-refractivity contribution in [2.45, 2.75) is 24.9 Å². The molecule has 0 fully saturated rings. The van der Waals surface area contributed by atoms with Crippen LogP contribution < -0.4 is 15.5 Å². The molecule has 224 valence electrons. The molecule has 3 aromatic carbocycles. The van der Waals surface area contributed by atoms with Gasteiger partial charge in [-0.3, -0.25) is 9.59 Å². The summed E-state index contributed by atoms with van der Waals surface area (Å²) in [5.41, 5.74) is 3.85. The molecular weight excluding hydrogens is 639 g/mol. The Balaban J connectivity index is 1.46. The van der Waals surface area contributed by atoms with Crippen molar-refractivity contribution in [3.63, 3.8) is 0 Å². The van der Waals surface area contributed by atoms with Crippen molar-refractivity contribution in [3.05, 3.63) is 111 Å². The lowest BCUT2D eigenvalue weighted by Crippen LogP contribution is -2.32. The fraction of sp³-hybridized carbons (Fsp3) is 0.138. The number of sulfonamides is 1. The standard InChI is InChI=1S/C29H25Cl3N4O6S/c1-18-3-9-23(10-4-18)43(39,40)36(16-19-5-11-24(31)25(32)13-19)17-22-8-7-21(42-22)15-33-35-29(38)28(37)34-26-14-20(30)6-12-27(26)41-2/h3-15H,16-17H2,1-2H3,(H,34,37)(H,35,38)/b33-15+. The summed E-state index contributed by atoms with van der Waals surface area (Å²) in [6, 6.07) is 19.0. The Morgan fingerprint density at radius 1 is 0.930 bits per heavy atom. The average molecular weight is 664 g/mol. The maximum absolute atomic E-state index is 13.6. The van der Waals surface area contributed by atoms with Gasteiger partial charge in [-0.2, -0.15) is 9.41 Å². The Bertz CT molecular complexity index is 1780. The smallest absolute Gasteiger partial charge is 0.329 e. The van der Waals surface area contributed by atoms with Gasteiger partial charge >= 0.3 is 11.8 Å². The molecule has 2 amide bonds. The minimum atomic E-state index is -3.95. The molecule has 14 heteroatoms. The summed E-state index contributed by atoms with van der Waals surface area (Å²) < 4.78 is 39.3. The number of nitrogens with one attached hydrogen (secondary N) is 2. The zero-order valence-corrected chi connectivity index (χ0v) is 25.9. The van der Waals surface area contributed by atoms with Crippen LogP contribution in [0.3, 0.4) is 0 Å². The minimum absolute atomic E-state index is 0.0141. The number of benzene rings is 3. The number of amides is 2. The highest BCUT2D eigenvalue weighted by Crippen LogP contribution is 2.28. The number of carbonyl (C=O) groups is 2. The van der Waals surface area contributed by atoms with E-state index in [0.29, 0.717) is 32.1 Å². The first-order valence-electron chi connectivity index (χ1n) is 12.5. The van der Waals surface area contributed by atoms with Crippen LogP contribution in [0.15, 0.2) is 87.2 Å². The molecule has 0 radical (unpaired) electrons. The zero-order chi connectivity index (χ0) is 31.1. The quantitative estimate of drug-likeness (QED) is 0.121. The number of nitrogens with zero attached hydrogens (tertiary/aromatic N) is 2. The van der Waals surface area contributed by atoms with Crippen molar-refractivity contribution < 1.29 is 27.2 Å². The van der Waals surface area contributed by atoms with E-state index in [9.17, 15) is 18.0 Å². The second kappa shape index (κ2) is 14.1. The van der Waals surface area contributed by atoms with Gasteiger partial charge in [-0.05, 0) is 67.1 Å². The lowest BCUT2D eigenvalue weighted by atomic mass is 10.2. The number of halogens is 3. The summed E-state index contributed by atoms with van der Waals surface area (Å²) in [5.74, 6) is -1.24. The number of carbonyl (C=O) groups excluding carboxylic acids is 2. The summed E-state index contributed by atoms with van der Waals surface area (Å²) in [5, 5.41) is 7.13. The van der Waals surface area contributed by atoms with E-state index in [4.69, 9.17) is 44.0 Å². The van der Waals surface area contributed by atoms with Crippen LogP contribution >= 0.6 is 34.8 Å². The summed E-state index contributed by atoms with van der Waals surface area (Å²) in [7, 11) is -2.55. The van der Waals surface area contributed by atoms with Gasteiger partial charge in [0, 0.05) is 11.6 Å². The monoisotopic (exact) mass is 662 g/mol. The van der Waals surface area contributed by atoms with E-state index in [0.717, 1.165) is 5.56 Å². The second-order valence-corrected chi connectivity index (χ2v) is 12.3. The van der Waals surface area contributed by atoms with Crippen LogP contribution in [0.1, 0.15) is 22.6 Å². The lowest BCUT2D eigenvalue weighted by Gasteiger charge is -2.22. The van der Waals surface area contributed by atoms with Gasteiger partial charge in [0.15, 0.2) is 0 Å². The first kappa shape index (κ1) is 32.1. The number of hydrogen-bond donors (Lipinski definition) is 2. The molecule has 4 aromatic rings. The summed E-state index contributed by atoms with van der Waals surface area (Å²) >= 11 is 18.1.